The summed E-state index contributed by atoms with van der Waals surface area (Å²) in [4.78, 5) is 5.50. The summed E-state index contributed by atoms with van der Waals surface area (Å²) >= 11 is 0. The molecule has 0 bridgehead atoms. The highest BCUT2D eigenvalue weighted by atomic mass is 16.6. The minimum absolute atomic E-state index is 0.367. The van der Waals surface area contributed by atoms with Gasteiger partial charge in [0.15, 0.2) is 0 Å². The third-order valence-corrected chi connectivity index (χ3v) is 3.05. The van der Waals surface area contributed by atoms with Gasteiger partial charge in [-0.15, -0.1) is 0 Å². The molecule has 1 fully saturated rings. The van der Waals surface area contributed by atoms with E-state index >= 15 is 0 Å². The zero-order valence-corrected chi connectivity index (χ0v) is 9.78. The number of hydrogen-bond donors (Lipinski definition) is 2. The fourth-order valence-corrected chi connectivity index (χ4v) is 2.05. The molecule has 1 aliphatic heterocycles. The van der Waals surface area contributed by atoms with Gasteiger partial charge in [0.05, 0.1) is 6.61 Å². The van der Waals surface area contributed by atoms with Crippen molar-refractivity contribution < 1.29 is 4.84 Å². The summed E-state index contributed by atoms with van der Waals surface area (Å²) in [5.41, 5.74) is 4.31. The van der Waals surface area contributed by atoms with Gasteiger partial charge >= 0.3 is 0 Å². The van der Waals surface area contributed by atoms with Crippen molar-refractivity contribution in [2.75, 3.05) is 6.54 Å². The van der Waals surface area contributed by atoms with Gasteiger partial charge in [-0.25, -0.2) is 0 Å². The molecule has 2 N–H and O–H groups in total. The average Bonchev–Trinajstić information content (AvgIpc) is 2.84. The maximum Gasteiger partial charge on any atom is 0.0933 e. The molecule has 0 aromatic heterocycles. The quantitative estimate of drug-likeness (QED) is 0.743. The summed E-state index contributed by atoms with van der Waals surface area (Å²) in [6.45, 7) is 3.92. The molecule has 3 heteroatoms. The third kappa shape index (κ3) is 3.30. The molecule has 2 atom stereocenters. The fraction of sp³-hybridized carbons (Fsp3) is 0.538. The lowest BCUT2D eigenvalue weighted by Crippen LogP contribution is -2.42. The van der Waals surface area contributed by atoms with Gasteiger partial charge in [0.2, 0.25) is 0 Å². The molecule has 1 aliphatic rings. The van der Waals surface area contributed by atoms with Crippen molar-refractivity contribution in [2.45, 2.75) is 38.5 Å². The van der Waals surface area contributed by atoms with Crippen LogP contribution in [0.25, 0.3) is 0 Å². The molecule has 0 saturated carbocycles. The van der Waals surface area contributed by atoms with Gasteiger partial charge in [-0.3, -0.25) is 4.84 Å². The molecular weight excluding hydrogens is 200 g/mol. The molecule has 2 rings (SSSR count). The maximum absolute atomic E-state index is 5.50. The van der Waals surface area contributed by atoms with Gasteiger partial charge < -0.3 is 5.32 Å². The Morgan fingerprint density at radius 2 is 2.25 bits per heavy atom. The molecule has 88 valence electrons. The topological polar surface area (TPSA) is 33.3 Å². The first-order valence-corrected chi connectivity index (χ1v) is 6.01. The van der Waals surface area contributed by atoms with Crippen LogP contribution in [0.5, 0.6) is 0 Å². The second kappa shape index (κ2) is 5.99. The van der Waals surface area contributed by atoms with Crippen LogP contribution in [-0.2, 0) is 11.4 Å². The summed E-state index contributed by atoms with van der Waals surface area (Å²) in [5, 5.41) is 3.46. The number of hydrogen-bond acceptors (Lipinski definition) is 3. The van der Waals surface area contributed by atoms with Crippen LogP contribution in [0.3, 0.4) is 0 Å². The molecule has 0 spiro atoms. The molecule has 1 aromatic carbocycles. The van der Waals surface area contributed by atoms with E-state index in [0.29, 0.717) is 18.7 Å². The van der Waals surface area contributed by atoms with Crippen LogP contribution >= 0.6 is 0 Å². The van der Waals surface area contributed by atoms with E-state index in [1.807, 2.05) is 18.2 Å². The second-order valence-electron chi connectivity index (χ2n) is 4.38. The fourth-order valence-electron chi connectivity index (χ4n) is 2.05. The number of hydroxylamine groups is 1. The Labute approximate surface area is 97.1 Å². The lowest BCUT2D eigenvalue weighted by molar-refractivity contribution is 0.000648. The molecule has 3 nitrogen and oxygen atoms in total. The highest BCUT2D eigenvalue weighted by molar-refractivity contribution is 5.13. The van der Waals surface area contributed by atoms with Crippen molar-refractivity contribution in [2.24, 2.45) is 0 Å². The van der Waals surface area contributed by atoms with Crippen LogP contribution in [0, 0.1) is 0 Å². The van der Waals surface area contributed by atoms with E-state index in [4.69, 9.17) is 4.84 Å². The SMILES string of the molecule is CC(NOCc1ccccc1)C1CCCN1. The number of nitrogens with one attached hydrogen (secondary N) is 2. The Kier molecular flexibility index (Phi) is 4.34. The third-order valence-electron chi connectivity index (χ3n) is 3.05. The standard InChI is InChI=1S/C13H20N2O/c1-11(13-8-5-9-14-13)15-16-10-12-6-3-2-4-7-12/h2-4,6-7,11,13-15H,5,8-10H2,1H3. The zero-order valence-electron chi connectivity index (χ0n) is 9.78. The van der Waals surface area contributed by atoms with Crippen molar-refractivity contribution in [3.8, 4) is 0 Å². The van der Waals surface area contributed by atoms with Gasteiger partial charge in [0, 0.05) is 12.1 Å². The summed E-state index contributed by atoms with van der Waals surface area (Å²) in [7, 11) is 0. The number of benzene rings is 1. The molecule has 0 amide bonds. The molecule has 1 aromatic rings. The first-order valence-electron chi connectivity index (χ1n) is 6.01. The van der Waals surface area contributed by atoms with E-state index in [-0.39, 0.29) is 0 Å². The Bertz CT molecular complexity index is 296. The van der Waals surface area contributed by atoms with Gasteiger partial charge in [-0.2, -0.15) is 5.48 Å². The molecule has 1 saturated heterocycles. The van der Waals surface area contributed by atoms with Crippen molar-refractivity contribution >= 4 is 0 Å². The lowest BCUT2D eigenvalue weighted by Gasteiger charge is -2.20. The Morgan fingerprint density at radius 1 is 1.44 bits per heavy atom. The van der Waals surface area contributed by atoms with E-state index in [0.717, 1.165) is 6.54 Å². The first kappa shape index (κ1) is 11.6. The molecule has 2 unspecified atom stereocenters. The largest absolute Gasteiger partial charge is 0.312 e. The summed E-state index contributed by atoms with van der Waals surface area (Å²) in [5.74, 6) is 0. The Morgan fingerprint density at radius 3 is 2.94 bits per heavy atom. The van der Waals surface area contributed by atoms with E-state index in [2.05, 4.69) is 29.9 Å². The van der Waals surface area contributed by atoms with Gasteiger partial charge in [-0.1, -0.05) is 30.3 Å². The predicted octanol–water partition coefficient (Wildman–Crippen LogP) is 1.85. The lowest BCUT2D eigenvalue weighted by atomic mass is 10.1. The zero-order chi connectivity index (χ0) is 11.2. The van der Waals surface area contributed by atoms with Crippen LogP contribution in [0.15, 0.2) is 30.3 Å². The van der Waals surface area contributed by atoms with E-state index in [1.165, 1.54) is 18.4 Å². The number of rotatable bonds is 5. The van der Waals surface area contributed by atoms with Crippen molar-refractivity contribution in [3.05, 3.63) is 35.9 Å². The van der Waals surface area contributed by atoms with Crippen LogP contribution in [0.1, 0.15) is 25.3 Å². The predicted molar refractivity (Wildman–Crippen MR) is 64.9 cm³/mol. The van der Waals surface area contributed by atoms with Crippen LogP contribution in [0.2, 0.25) is 0 Å². The van der Waals surface area contributed by atoms with E-state index in [1.54, 1.807) is 0 Å². The molecule has 0 radical (unpaired) electrons. The summed E-state index contributed by atoms with van der Waals surface area (Å²) in [6, 6.07) is 11.1. The highest BCUT2D eigenvalue weighted by Crippen LogP contribution is 2.09. The van der Waals surface area contributed by atoms with E-state index in [9.17, 15) is 0 Å². The highest BCUT2D eigenvalue weighted by Gasteiger charge is 2.20. The summed E-state index contributed by atoms with van der Waals surface area (Å²) in [6.07, 6.45) is 2.51. The van der Waals surface area contributed by atoms with Crippen LogP contribution in [0.4, 0.5) is 0 Å². The van der Waals surface area contributed by atoms with Crippen LogP contribution in [-0.4, -0.2) is 18.6 Å². The summed E-state index contributed by atoms with van der Waals surface area (Å²) < 4.78 is 0. The molecule has 0 aliphatic carbocycles. The minimum atomic E-state index is 0.367. The van der Waals surface area contributed by atoms with Gasteiger partial charge in [-0.05, 0) is 31.9 Å². The average molecular weight is 220 g/mol. The Balaban J connectivity index is 1.67. The smallest absolute Gasteiger partial charge is 0.0933 e. The first-order chi connectivity index (χ1) is 7.86. The Hall–Kier alpha value is -0.900. The van der Waals surface area contributed by atoms with Crippen molar-refractivity contribution in [1.82, 2.24) is 10.8 Å². The van der Waals surface area contributed by atoms with Crippen LogP contribution < -0.4 is 10.8 Å². The van der Waals surface area contributed by atoms with Crippen molar-refractivity contribution in [1.29, 1.82) is 0 Å². The molecule has 1 heterocycles. The van der Waals surface area contributed by atoms with Gasteiger partial charge in [0.1, 0.15) is 0 Å². The van der Waals surface area contributed by atoms with Gasteiger partial charge in [0.25, 0.3) is 0 Å². The minimum Gasteiger partial charge on any atom is -0.312 e. The van der Waals surface area contributed by atoms with E-state index < -0.39 is 0 Å². The normalized spacial score (nSPS) is 22.2. The monoisotopic (exact) mass is 220 g/mol. The molecule has 16 heavy (non-hydrogen) atoms. The molecular formula is C13H20N2O. The second-order valence-corrected chi connectivity index (χ2v) is 4.38. The van der Waals surface area contributed by atoms with Crippen molar-refractivity contribution in [3.63, 3.8) is 0 Å². The maximum atomic E-state index is 5.50.